The molecule has 0 spiro atoms. The fourth-order valence-corrected chi connectivity index (χ4v) is 5.26. The third kappa shape index (κ3) is 5.68. The quantitative estimate of drug-likeness (QED) is 0.170. The number of anilines is 1. The van der Waals surface area contributed by atoms with Crippen LogP contribution in [0.4, 0.5) is 5.69 Å². The van der Waals surface area contributed by atoms with E-state index in [2.05, 4.69) is 21.2 Å². The van der Waals surface area contributed by atoms with E-state index in [9.17, 15) is 9.59 Å². The summed E-state index contributed by atoms with van der Waals surface area (Å²) in [4.78, 5) is 27.0. The van der Waals surface area contributed by atoms with Gasteiger partial charge in [0.1, 0.15) is 12.2 Å². The molecular formula is C24H12BrCl5N2O3S. The summed E-state index contributed by atoms with van der Waals surface area (Å²) in [7, 11) is 0. The molecule has 1 fully saturated rings. The van der Waals surface area contributed by atoms with E-state index in [1.807, 2.05) is 0 Å². The van der Waals surface area contributed by atoms with Crippen LogP contribution in [0.5, 0.6) is 5.75 Å². The number of amides is 2. The molecule has 36 heavy (non-hydrogen) atoms. The Hall–Kier alpha value is -1.84. The van der Waals surface area contributed by atoms with E-state index in [0.717, 1.165) is 10.5 Å². The van der Waals surface area contributed by atoms with E-state index in [0.29, 0.717) is 25.8 Å². The van der Waals surface area contributed by atoms with E-state index in [1.54, 1.807) is 48.5 Å². The number of hydrogen-bond acceptors (Lipinski definition) is 4. The second-order valence-corrected chi connectivity index (χ2v) is 10.6. The van der Waals surface area contributed by atoms with Crippen LogP contribution in [0, 0.1) is 0 Å². The summed E-state index contributed by atoms with van der Waals surface area (Å²) in [6, 6.07) is 13.1. The summed E-state index contributed by atoms with van der Waals surface area (Å²) in [6.07, 6.45) is 1.39. The van der Waals surface area contributed by atoms with Crippen molar-refractivity contribution in [1.29, 1.82) is 0 Å². The number of carbonyl (C=O) groups is 2. The summed E-state index contributed by atoms with van der Waals surface area (Å²) in [5.74, 6) is -0.954. The van der Waals surface area contributed by atoms with Crippen LogP contribution in [-0.2, 0) is 16.2 Å². The molecule has 12 heteroatoms. The van der Waals surface area contributed by atoms with Crippen molar-refractivity contribution >= 4 is 115 Å². The SMILES string of the molecule is O=C1NC(=S)N(c2cccc(Cl)c2Cl)C(=O)/C1=C/c1cc(Cl)c(OCc2ccc(Cl)c(Cl)c2)c(Br)c1. The predicted octanol–water partition coefficient (Wildman–Crippen LogP) is 8.13. The maximum absolute atomic E-state index is 13.3. The monoisotopic (exact) mass is 662 g/mol. The normalized spacial score (nSPS) is 14.9. The topological polar surface area (TPSA) is 58.6 Å². The van der Waals surface area contributed by atoms with Gasteiger partial charge in [0.25, 0.3) is 11.8 Å². The number of halogens is 6. The maximum atomic E-state index is 13.3. The molecule has 3 aromatic rings. The summed E-state index contributed by atoms with van der Waals surface area (Å²) < 4.78 is 6.36. The Morgan fingerprint density at radius 3 is 2.39 bits per heavy atom. The Morgan fingerprint density at radius 1 is 0.944 bits per heavy atom. The van der Waals surface area contributed by atoms with Crippen molar-refractivity contribution in [2.24, 2.45) is 0 Å². The fourth-order valence-electron chi connectivity index (χ4n) is 3.29. The van der Waals surface area contributed by atoms with Crippen LogP contribution in [0.2, 0.25) is 25.1 Å². The van der Waals surface area contributed by atoms with Gasteiger partial charge >= 0.3 is 0 Å². The van der Waals surface area contributed by atoms with Crippen LogP contribution in [0.1, 0.15) is 11.1 Å². The Labute approximate surface area is 245 Å². The molecular weight excluding hydrogens is 654 g/mol. The molecule has 0 atom stereocenters. The predicted molar refractivity (Wildman–Crippen MR) is 153 cm³/mol. The standard InChI is InChI=1S/C24H12BrCl5N2O3S/c25-14-7-12(9-18(29)21(14)35-10-11-4-5-15(26)17(28)8-11)6-13-22(33)31-24(36)32(23(13)34)19-3-1-2-16(27)20(19)30/h1-9H,10H2,(H,31,33,36)/b13-6+. The van der Waals surface area contributed by atoms with Crippen molar-refractivity contribution in [1.82, 2.24) is 5.32 Å². The number of hydrogen-bond donors (Lipinski definition) is 1. The number of thiocarbonyl (C=S) groups is 1. The third-order valence-electron chi connectivity index (χ3n) is 4.97. The van der Waals surface area contributed by atoms with E-state index in [4.69, 9.17) is 75.0 Å². The van der Waals surface area contributed by atoms with Gasteiger partial charge in [0.05, 0.1) is 35.3 Å². The summed E-state index contributed by atoms with van der Waals surface area (Å²) in [5.41, 5.74) is 1.33. The second-order valence-electron chi connectivity index (χ2n) is 7.38. The molecule has 0 aromatic heterocycles. The molecule has 1 aliphatic rings. The lowest BCUT2D eigenvalue weighted by Crippen LogP contribution is -2.54. The van der Waals surface area contributed by atoms with Gasteiger partial charge in [-0.15, -0.1) is 0 Å². The summed E-state index contributed by atoms with van der Waals surface area (Å²) in [5, 5.41) is 3.85. The first-order valence-corrected chi connectivity index (χ1v) is 13.1. The molecule has 1 heterocycles. The minimum atomic E-state index is -0.667. The number of nitrogens with one attached hydrogen (secondary N) is 1. The first-order valence-electron chi connectivity index (χ1n) is 9.98. The van der Waals surface area contributed by atoms with Gasteiger partial charge in [0, 0.05) is 0 Å². The molecule has 1 N–H and O–H groups in total. The largest absolute Gasteiger partial charge is 0.486 e. The van der Waals surface area contributed by atoms with Gasteiger partial charge in [0.15, 0.2) is 10.9 Å². The van der Waals surface area contributed by atoms with E-state index in [-0.39, 0.29) is 38.0 Å². The van der Waals surface area contributed by atoms with E-state index >= 15 is 0 Å². The first kappa shape index (κ1) is 27.2. The van der Waals surface area contributed by atoms with Gasteiger partial charge in [-0.05, 0) is 81.7 Å². The van der Waals surface area contributed by atoms with Crippen LogP contribution in [0.25, 0.3) is 6.08 Å². The van der Waals surface area contributed by atoms with Crippen molar-refractivity contribution in [3.8, 4) is 5.75 Å². The molecule has 0 saturated carbocycles. The van der Waals surface area contributed by atoms with Gasteiger partial charge in [-0.1, -0.05) is 70.1 Å². The Morgan fingerprint density at radius 2 is 1.69 bits per heavy atom. The average Bonchev–Trinajstić information content (AvgIpc) is 2.81. The molecule has 3 aromatic carbocycles. The zero-order valence-corrected chi connectivity index (χ0v) is 23.9. The first-order chi connectivity index (χ1) is 17.1. The molecule has 0 radical (unpaired) electrons. The fraction of sp³-hybridized carbons (Fsp3) is 0.0417. The smallest absolute Gasteiger partial charge is 0.270 e. The zero-order chi connectivity index (χ0) is 26.1. The van der Waals surface area contributed by atoms with Gasteiger partial charge in [-0.3, -0.25) is 19.8 Å². The van der Waals surface area contributed by atoms with Crippen molar-refractivity contribution in [3.05, 3.63) is 94.8 Å². The van der Waals surface area contributed by atoms with Crippen LogP contribution in [0.15, 0.2) is 58.6 Å². The van der Waals surface area contributed by atoms with Crippen LogP contribution >= 0.6 is 86.2 Å². The van der Waals surface area contributed by atoms with Crippen molar-refractivity contribution in [2.45, 2.75) is 6.61 Å². The van der Waals surface area contributed by atoms with E-state index < -0.39 is 11.8 Å². The minimum Gasteiger partial charge on any atom is -0.486 e. The van der Waals surface area contributed by atoms with Crippen molar-refractivity contribution in [3.63, 3.8) is 0 Å². The third-order valence-corrected chi connectivity index (χ3v) is 7.67. The molecule has 184 valence electrons. The average molecular weight is 666 g/mol. The number of nitrogens with zero attached hydrogens (tertiary/aromatic N) is 1. The number of rotatable bonds is 5. The van der Waals surface area contributed by atoms with Crippen molar-refractivity contribution < 1.29 is 14.3 Å². The van der Waals surface area contributed by atoms with Crippen molar-refractivity contribution in [2.75, 3.05) is 4.90 Å². The van der Waals surface area contributed by atoms with E-state index in [1.165, 1.54) is 6.08 Å². The number of carbonyl (C=O) groups excluding carboxylic acids is 2. The van der Waals surface area contributed by atoms with Gasteiger partial charge < -0.3 is 4.74 Å². The van der Waals surface area contributed by atoms with Crippen LogP contribution < -0.4 is 15.0 Å². The summed E-state index contributed by atoms with van der Waals surface area (Å²) in [6.45, 7) is 0.184. The Balaban J connectivity index is 1.62. The number of benzene rings is 3. The molecule has 1 saturated heterocycles. The highest BCUT2D eigenvalue weighted by molar-refractivity contribution is 9.10. The molecule has 0 bridgehead atoms. The van der Waals surface area contributed by atoms with Crippen LogP contribution in [0.3, 0.4) is 0 Å². The van der Waals surface area contributed by atoms with Gasteiger partial charge in [-0.2, -0.15) is 0 Å². The van der Waals surface area contributed by atoms with Gasteiger partial charge in [-0.25, -0.2) is 0 Å². The maximum Gasteiger partial charge on any atom is 0.270 e. The molecule has 5 nitrogen and oxygen atoms in total. The zero-order valence-electron chi connectivity index (χ0n) is 17.8. The number of ether oxygens (including phenoxy) is 1. The molecule has 4 rings (SSSR count). The molecule has 0 unspecified atom stereocenters. The highest BCUT2D eigenvalue weighted by Crippen LogP contribution is 2.37. The highest BCUT2D eigenvalue weighted by atomic mass is 79.9. The highest BCUT2D eigenvalue weighted by Gasteiger charge is 2.35. The van der Waals surface area contributed by atoms with Crippen LogP contribution in [-0.4, -0.2) is 16.9 Å². The molecule has 0 aliphatic carbocycles. The van der Waals surface area contributed by atoms with Gasteiger partial charge in [0.2, 0.25) is 0 Å². The minimum absolute atomic E-state index is 0.114. The second kappa shape index (κ2) is 11.3. The Kier molecular flexibility index (Phi) is 8.52. The lowest BCUT2D eigenvalue weighted by atomic mass is 10.1. The molecule has 2 amide bonds. The molecule has 1 aliphatic heterocycles. The lowest BCUT2D eigenvalue weighted by Gasteiger charge is -2.29. The Bertz CT molecular complexity index is 1440. The lowest BCUT2D eigenvalue weighted by molar-refractivity contribution is -0.122. The summed E-state index contributed by atoms with van der Waals surface area (Å²) >= 11 is 39.5.